The molecule has 0 radical (unpaired) electrons. The highest BCUT2D eigenvalue weighted by atomic mass is 32.2. The third-order valence-corrected chi connectivity index (χ3v) is 3.90. The van der Waals surface area contributed by atoms with E-state index in [0.717, 1.165) is 5.56 Å². The van der Waals surface area contributed by atoms with Gasteiger partial charge in [0.1, 0.15) is 0 Å². The molecule has 7 heteroatoms. The molecule has 0 aliphatic carbocycles. The van der Waals surface area contributed by atoms with Gasteiger partial charge in [-0.3, -0.25) is 9.00 Å². The number of rotatable bonds is 5. The zero-order valence-electron chi connectivity index (χ0n) is 13.5. The maximum atomic E-state index is 12.4. The minimum Gasteiger partial charge on any atom is -0.341 e. The monoisotopic (exact) mass is 345 g/mol. The van der Waals surface area contributed by atoms with Gasteiger partial charge >= 0.3 is 6.03 Å². The van der Waals surface area contributed by atoms with E-state index in [2.05, 4.69) is 16.0 Å². The zero-order valence-corrected chi connectivity index (χ0v) is 14.3. The summed E-state index contributed by atoms with van der Waals surface area (Å²) >= 11 is 0. The first-order valence-corrected chi connectivity index (χ1v) is 9.00. The summed E-state index contributed by atoms with van der Waals surface area (Å²) in [7, 11) is 0.561. The van der Waals surface area contributed by atoms with Crippen molar-refractivity contribution in [2.24, 2.45) is 0 Å². The number of anilines is 2. The van der Waals surface area contributed by atoms with Crippen LogP contribution < -0.4 is 16.0 Å². The quantitative estimate of drug-likeness (QED) is 0.778. The Kier molecular flexibility index (Phi) is 6.08. The number of nitrogens with one attached hydrogen (secondary N) is 3. The smallest absolute Gasteiger partial charge is 0.318 e. The van der Waals surface area contributed by atoms with E-state index < -0.39 is 10.8 Å². The van der Waals surface area contributed by atoms with Gasteiger partial charge in [-0.15, -0.1) is 0 Å². The molecule has 6 nitrogen and oxygen atoms in total. The van der Waals surface area contributed by atoms with Gasteiger partial charge in [0.05, 0.1) is 0 Å². The van der Waals surface area contributed by atoms with Gasteiger partial charge in [0.15, 0.2) is 0 Å². The zero-order chi connectivity index (χ0) is 17.5. The van der Waals surface area contributed by atoms with Crippen LogP contribution in [0.3, 0.4) is 0 Å². The van der Waals surface area contributed by atoms with Crippen LogP contribution in [-0.2, 0) is 16.6 Å². The molecule has 0 aromatic heterocycles. The molecule has 2 aromatic carbocycles. The topological polar surface area (TPSA) is 87.3 Å². The number of benzene rings is 2. The molecule has 0 saturated heterocycles. The van der Waals surface area contributed by atoms with Crippen LogP contribution in [0.2, 0.25) is 0 Å². The summed E-state index contributed by atoms with van der Waals surface area (Å²) in [6.07, 6.45) is 1.62. The van der Waals surface area contributed by atoms with E-state index in [1.807, 2.05) is 6.07 Å². The molecule has 0 fully saturated rings. The molecule has 126 valence electrons. The molecule has 0 aliphatic rings. The molecular formula is C17H19N3O3S. The van der Waals surface area contributed by atoms with E-state index in [-0.39, 0.29) is 11.9 Å². The van der Waals surface area contributed by atoms with Crippen molar-refractivity contribution in [1.29, 1.82) is 0 Å². The molecule has 24 heavy (non-hydrogen) atoms. The first-order valence-electron chi connectivity index (χ1n) is 7.27. The van der Waals surface area contributed by atoms with Crippen LogP contribution >= 0.6 is 0 Å². The Bertz CT molecular complexity index is 777. The summed E-state index contributed by atoms with van der Waals surface area (Å²) in [5.41, 5.74) is 2.47. The van der Waals surface area contributed by atoms with E-state index in [1.54, 1.807) is 48.7 Å². The second-order valence-electron chi connectivity index (χ2n) is 5.16. The minimum absolute atomic E-state index is 0.268. The van der Waals surface area contributed by atoms with Crippen molar-refractivity contribution < 1.29 is 13.8 Å². The highest BCUT2D eigenvalue weighted by Gasteiger charge is 2.08. The first kappa shape index (κ1) is 17.7. The van der Waals surface area contributed by atoms with Gasteiger partial charge < -0.3 is 16.0 Å². The standard InChI is InChI=1S/C17H19N3O3S/c1-18-17(22)20-15-8-4-7-14(10-15)19-16(21)13-6-3-5-12(9-13)11-24(2)23/h3-10H,11H2,1-2H3,(H,19,21)(H2,18,20,22). The van der Waals surface area contributed by atoms with Gasteiger partial charge in [0.2, 0.25) is 0 Å². The third-order valence-electron chi connectivity index (χ3n) is 3.16. The Balaban J connectivity index is 2.10. The molecule has 0 spiro atoms. The molecule has 2 aromatic rings. The SMILES string of the molecule is CNC(=O)Nc1cccc(NC(=O)c2cccc(CS(C)=O)c2)c1. The number of hydrogen-bond acceptors (Lipinski definition) is 3. The van der Waals surface area contributed by atoms with Gasteiger partial charge in [-0.2, -0.15) is 0 Å². The van der Waals surface area contributed by atoms with Gasteiger partial charge in [0, 0.05) is 46.8 Å². The van der Waals surface area contributed by atoms with Gasteiger partial charge in [0.25, 0.3) is 5.91 Å². The number of hydrogen-bond donors (Lipinski definition) is 3. The lowest BCUT2D eigenvalue weighted by Gasteiger charge is -2.09. The van der Waals surface area contributed by atoms with E-state index in [1.165, 1.54) is 7.05 Å². The van der Waals surface area contributed by atoms with Crippen molar-refractivity contribution in [3.8, 4) is 0 Å². The van der Waals surface area contributed by atoms with E-state index in [4.69, 9.17) is 0 Å². The highest BCUT2D eigenvalue weighted by molar-refractivity contribution is 7.83. The summed E-state index contributed by atoms with van der Waals surface area (Å²) in [5, 5.41) is 7.88. The Morgan fingerprint density at radius 2 is 1.67 bits per heavy atom. The predicted octanol–water partition coefficient (Wildman–Crippen LogP) is 2.57. The lowest BCUT2D eigenvalue weighted by atomic mass is 10.1. The Labute approximate surface area is 143 Å². The van der Waals surface area contributed by atoms with Crippen LogP contribution in [0, 0.1) is 0 Å². The van der Waals surface area contributed by atoms with Crippen molar-refractivity contribution in [3.05, 3.63) is 59.7 Å². The van der Waals surface area contributed by atoms with Crippen molar-refractivity contribution in [2.75, 3.05) is 23.9 Å². The van der Waals surface area contributed by atoms with Gasteiger partial charge in [-0.1, -0.05) is 18.2 Å². The molecule has 3 amide bonds. The van der Waals surface area contributed by atoms with E-state index in [9.17, 15) is 13.8 Å². The molecule has 0 saturated carbocycles. The van der Waals surface area contributed by atoms with Crippen LogP contribution in [0.1, 0.15) is 15.9 Å². The molecule has 0 heterocycles. The fourth-order valence-electron chi connectivity index (χ4n) is 2.11. The lowest BCUT2D eigenvalue weighted by Crippen LogP contribution is -2.24. The molecule has 1 unspecified atom stereocenters. The molecule has 0 bridgehead atoms. The summed E-state index contributed by atoms with van der Waals surface area (Å²) in [6, 6.07) is 13.6. The first-order chi connectivity index (χ1) is 11.5. The number of amides is 3. The second kappa shape index (κ2) is 8.26. The molecule has 3 N–H and O–H groups in total. The summed E-state index contributed by atoms with van der Waals surface area (Å²) < 4.78 is 11.3. The van der Waals surface area contributed by atoms with Crippen LogP contribution in [0.5, 0.6) is 0 Å². The van der Waals surface area contributed by atoms with Crippen LogP contribution in [0.15, 0.2) is 48.5 Å². The number of carbonyl (C=O) groups excluding carboxylic acids is 2. The summed E-state index contributed by atoms with van der Waals surface area (Å²) in [4.78, 5) is 23.7. The summed E-state index contributed by atoms with van der Waals surface area (Å²) in [6.45, 7) is 0. The lowest BCUT2D eigenvalue weighted by molar-refractivity contribution is 0.102. The maximum absolute atomic E-state index is 12.4. The maximum Gasteiger partial charge on any atom is 0.318 e. The van der Waals surface area contributed by atoms with E-state index in [0.29, 0.717) is 22.7 Å². The van der Waals surface area contributed by atoms with Crippen LogP contribution in [0.25, 0.3) is 0 Å². The van der Waals surface area contributed by atoms with Crippen molar-refractivity contribution in [2.45, 2.75) is 5.75 Å². The van der Waals surface area contributed by atoms with Crippen LogP contribution in [0.4, 0.5) is 16.2 Å². The highest BCUT2D eigenvalue weighted by Crippen LogP contribution is 2.16. The van der Waals surface area contributed by atoms with Gasteiger partial charge in [-0.05, 0) is 35.9 Å². The molecule has 0 aliphatic heterocycles. The number of carbonyl (C=O) groups is 2. The van der Waals surface area contributed by atoms with Crippen molar-refractivity contribution in [3.63, 3.8) is 0 Å². The fraction of sp³-hybridized carbons (Fsp3) is 0.176. The Hall–Kier alpha value is -2.67. The fourth-order valence-corrected chi connectivity index (χ4v) is 2.76. The van der Waals surface area contributed by atoms with Crippen molar-refractivity contribution in [1.82, 2.24) is 5.32 Å². The van der Waals surface area contributed by atoms with E-state index >= 15 is 0 Å². The molecule has 2 rings (SSSR count). The minimum atomic E-state index is -0.964. The molecule has 1 atom stereocenters. The van der Waals surface area contributed by atoms with Crippen LogP contribution in [-0.4, -0.2) is 29.5 Å². The largest absolute Gasteiger partial charge is 0.341 e. The van der Waals surface area contributed by atoms with Gasteiger partial charge in [-0.25, -0.2) is 4.79 Å². The normalized spacial score (nSPS) is 11.4. The summed E-state index contributed by atoms with van der Waals surface area (Å²) in [5.74, 6) is 0.142. The molecular weight excluding hydrogens is 326 g/mol. The average Bonchev–Trinajstić information content (AvgIpc) is 2.54. The van der Waals surface area contributed by atoms with Crippen molar-refractivity contribution >= 4 is 34.1 Å². The Morgan fingerprint density at radius 1 is 1.00 bits per heavy atom. The predicted molar refractivity (Wildman–Crippen MR) is 96.7 cm³/mol. The number of urea groups is 1. The third kappa shape index (κ3) is 5.20. The Morgan fingerprint density at radius 3 is 2.33 bits per heavy atom. The average molecular weight is 345 g/mol. The second-order valence-corrected chi connectivity index (χ2v) is 6.59.